The summed E-state index contributed by atoms with van der Waals surface area (Å²) < 4.78 is 5.84. The average Bonchev–Trinajstić information content (AvgIpc) is 2.85. The van der Waals surface area contributed by atoms with Crippen LogP contribution in [-0.2, 0) is 6.54 Å². The number of ether oxygens (including phenoxy) is 1. The maximum Gasteiger partial charge on any atom is 0.122 e. The third kappa shape index (κ3) is 4.13. The lowest BCUT2D eigenvalue weighted by Crippen LogP contribution is -2.64. The fourth-order valence-electron chi connectivity index (χ4n) is 5.76. The molecule has 3 atom stereocenters. The molecular weight excluding hydrogens is 380 g/mol. The van der Waals surface area contributed by atoms with Gasteiger partial charge in [0.2, 0.25) is 0 Å². The summed E-state index contributed by atoms with van der Waals surface area (Å²) in [5.41, 5.74) is 4.02. The Hall–Kier alpha value is -2.62. The molecule has 160 valence electrons. The predicted octanol–water partition coefficient (Wildman–Crippen LogP) is 5.08. The maximum absolute atomic E-state index is 5.84. The molecular formula is C28H32N2O. The van der Waals surface area contributed by atoms with Crippen LogP contribution >= 0.6 is 0 Å². The molecule has 0 radical (unpaired) electrons. The molecule has 0 aliphatic carbocycles. The normalized spacial score (nSPS) is 25.8. The molecule has 3 nitrogen and oxygen atoms in total. The molecule has 1 N–H and O–H groups in total. The minimum absolute atomic E-state index is 0.272. The first-order valence-electron chi connectivity index (χ1n) is 11.5. The summed E-state index contributed by atoms with van der Waals surface area (Å²) in [5, 5.41) is 3.99. The molecule has 3 heteroatoms. The summed E-state index contributed by atoms with van der Waals surface area (Å²) >= 11 is 0. The van der Waals surface area contributed by atoms with Crippen molar-refractivity contribution in [1.29, 1.82) is 0 Å². The molecule has 3 aliphatic rings. The van der Waals surface area contributed by atoms with Crippen LogP contribution in [0.25, 0.3) is 0 Å². The highest BCUT2D eigenvalue weighted by Gasteiger charge is 2.46. The zero-order chi connectivity index (χ0) is 21.0. The molecule has 0 spiro atoms. The number of hydrogen-bond acceptors (Lipinski definition) is 3. The number of rotatable bonds is 7. The Bertz CT molecular complexity index is 967. The first-order chi connectivity index (χ1) is 15.3. The van der Waals surface area contributed by atoms with Gasteiger partial charge in [0.15, 0.2) is 0 Å². The summed E-state index contributed by atoms with van der Waals surface area (Å²) in [6, 6.07) is 31.3. The molecule has 3 saturated heterocycles. The van der Waals surface area contributed by atoms with Gasteiger partial charge in [-0.15, -0.1) is 0 Å². The second kappa shape index (κ2) is 9.25. The SMILES string of the molecule is COc1ccccc1C(c1ccccc1)C1C(NCc2ccccc2)C2CCN1CC2. The molecule has 3 aromatic rings. The lowest BCUT2D eigenvalue weighted by Gasteiger charge is -2.54. The Kier molecular flexibility index (Phi) is 6.06. The van der Waals surface area contributed by atoms with E-state index in [4.69, 9.17) is 4.74 Å². The van der Waals surface area contributed by atoms with E-state index in [1.165, 1.54) is 42.6 Å². The maximum atomic E-state index is 5.84. The molecule has 0 amide bonds. The number of nitrogens with zero attached hydrogens (tertiary/aromatic N) is 1. The summed E-state index contributed by atoms with van der Waals surface area (Å²) in [7, 11) is 1.79. The van der Waals surface area contributed by atoms with Gasteiger partial charge < -0.3 is 10.1 Å². The van der Waals surface area contributed by atoms with Gasteiger partial charge in [0.1, 0.15) is 5.75 Å². The van der Waals surface area contributed by atoms with E-state index >= 15 is 0 Å². The van der Waals surface area contributed by atoms with Crippen LogP contribution in [0.5, 0.6) is 5.75 Å². The summed E-state index contributed by atoms with van der Waals surface area (Å²) in [5.74, 6) is 1.98. The van der Waals surface area contributed by atoms with Gasteiger partial charge in [-0.1, -0.05) is 78.9 Å². The number of methoxy groups -OCH3 is 1. The number of piperidine rings is 3. The van der Waals surface area contributed by atoms with E-state index in [2.05, 4.69) is 95.1 Å². The molecule has 3 unspecified atom stereocenters. The Balaban J connectivity index is 1.54. The van der Waals surface area contributed by atoms with E-state index < -0.39 is 0 Å². The van der Waals surface area contributed by atoms with Crippen LogP contribution in [0.3, 0.4) is 0 Å². The molecule has 2 bridgehead atoms. The van der Waals surface area contributed by atoms with Crippen LogP contribution in [0.2, 0.25) is 0 Å². The van der Waals surface area contributed by atoms with Crippen molar-refractivity contribution in [1.82, 2.24) is 10.2 Å². The second-order valence-corrected chi connectivity index (χ2v) is 8.89. The Morgan fingerprint density at radius 2 is 1.52 bits per heavy atom. The van der Waals surface area contributed by atoms with Gasteiger partial charge in [0.25, 0.3) is 0 Å². The number of nitrogens with one attached hydrogen (secondary N) is 1. The van der Waals surface area contributed by atoms with Crippen LogP contribution in [0.15, 0.2) is 84.9 Å². The summed E-state index contributed by atoms with van der Waals surface area (Å²) in [6.45, 7) is 3.30. The first kappa shape index (κ1) is 20.3. The number of benzene rings is 3. The molecule has 31 heavy (non-hydrogen) atoms. The number of fused-ring (bicyclic) bond motifs is 3. The van der Waals surface area contributed by atoms with Gasteiger partial charge >= 0.3 is 0 Å². The standard InChI is InChI=1S/C28H32N2O/c1-31-25-15-9-8-14-24(25)26(22-12-6-3-7-13-22)28-27(23-16-18-30(28)19-17-23)29-20-21-10-4-2-5-11-21/h2-15,23,26-29H,16-20H2,1H3. The fourth-order valence-corrected chi connectivity index (χ4v) is 5.76. The Labute approximate surface area is 186 Å². The van der Waals surface area contributed by atoms with Crippen molar-refractivity contribution in [2.45, 2.75) is 37.4 Å². The quantitative estimate of drug-likeness (QED) is 0.586. The minimum atomic E-state index is 0.272. The highest BCUT2D eigenvalue weighted by Crippen LogP contribution is 2.44. The first-order valence-corrected chi connectivity index (χ1v) is 11.5. The van der Waals surface area contributed by atoms with E-state index in [1.54, 1.807) is 7.11 Å². The van der Waals surface area contributed by atoms with Crippen molar-refractivity contribution >= 4 is 0 Å². The fraction of sp³-hybridized carbons (Fsp3) is 0.357. The highest BCUT2D eigenvalue weighted by atomic mass is 16.5. The number of hydrogen-bond donors (Lipinski definition) is 1. The van der Waals surface area contributed by atoms with Gasteiger partial charge in [-0.3, -0.25) is 4.90 Å². The number of para-hydroxylation sites is 1. The van der Waals surface area contributed by atoms with Crippen molar-refractivity contribution in [3.63, 3.8) is 0 Å². The van der Waals surface area contributed by atoms with Crippen LogP contribution < -0.4 is 10.1 Å². The van der Waals surface area contributed by atoms with E-state index in [0.29, 0.717) is 12.1 Å². The molecule has 3 aliphatic heterocycles. The van der Waals surface area contributed by atoms with Crippen molar-refractivity contribution < 1.29 is 4.74 Å². The average molecular weight is 413 g/mol. The lowest BCUT2D eigenvalue weighted by molar-refractivity contribution is 0.00441. The molecule has 3 aromatic carbocycles. The largest absolute Gasteiger partial charge is 0.496 e. The summed E-state index contributed by atoms with van der Waals surface area (Å²) in [4.78, 5) is 2.73. The zero-order valence-corrected chi connectivity index (χ0v) is 18.3. The van der Waals surface area contributed by atoms with E-state index in [0.717, 1.165) is 18.2 Å². The Morgan fingerprint density at radius 3 is 2.23 bits per heavy atom. The molecule has 3 fully saturated rings. The van der Waals surface area contributed by atoms with E-state index in [9.17, 15) is 0 Å². The topological polar surface area (TPSA) is 24.5 Å². The molecule has 0 aromatic heterocycles. The van der Waals surface area contributed by atoms with Crippen LogP contribution in [0.4, 0.5) is 0 Å². The second-order valence-electron chi connectivity index (χ2n) is 8.89. The molecule has 3 heterocycles. The van der Waals surface area contributed by atoms with E-state index in [1.807, 2.05) is 0 Å². The Morgan fingerprint density at radius 1 is 0.871 bits per heavy atom. The van der Waals surface area contributed by atoms with Crippen LogP contribution in [0, 0.1) is 5.92 Å². The van der Waals surface area contributed by atoms with Gasteiger partial charge in [0, 0.05) is 30.1 Å². The smallest absolute Gasteiger partial charge is 0.122 e. The van der Waals surface area contributed by atoms with Crippen LogP contribution in [0.1, 0.15) is 35.4 Å². The minimum Gasteiger partial charge on any atom is -0.496 e. The molecule has 6 rings (SSSR count). The van der Waals surface area contributed by atoms with E-state index in [-0.39, 0.29) is 5.92 Å². The lowest BCUT2D eigenvalue weighted by atomic mass is 9.70. The van der Waals surface area contributed by atoms with Crippen molar-refractivity contribution in [3.8, 4) is 5.75 Å². The van der Waals surface area contributed by atoms with Gasteiger partial charge in [-0.05, 0) is 49.0 Å². The van der Waals surface area contributed by atoms with Gasteiger partial charge in [-0.25, -0.2) is 0 Å². The van der Waals surface area contributed by atoms with Gasteiger partial charge in [0.05, 0.1) is 7.11 Å². The van der Waals surface area contributed by atoms with Crippen molar-refractivity contribution in [2.75, 3.05) is 20.2 Å². The summed E-state index contributed by atoms with van der Waals surface area (Å²) in [6.07, 6.45) is 2.58. The van der Waals surface area contributed by atoms with Crippen molar-refractivity contribution in [3.05, 3.63) is 102 Å². The van der Waals surface area contributed by atoms with Crippen molar-refractivity contribution in [2.24, 2.45) is 5.92 Å². The zero-order valence-electron chi connectivity index (χ0n) is 18.3. The third-order valence-corrected chi connectivity index (χ3v) is 7.23. The predicted molar refractivity (Wildman–Crippen MR) is 126 cm³/mol. The van der Waals surface area contributed by atoms with Gasteiger partial charge in [-0.2, -0.15) is 0 Å². The molecule has 0 saturated carbocycles. The highest BCUT2D eigenvalue weighted by molar-refractivity contribution is 5.44. The third-order valence-electron chi connectivity index (χ3n) is 7.23. The van der Waals surface area contributed by atoms with Crippen LogP contribution in [-0.4, -0.2) is 37.2 Å². The monoisotopic (exact) mass is 412 g/mol.